The third-order valence-electron chi connectivity index (χ3n) is 4.43. The fourth-order valence-electron chi connectivity index (χ4n) is 3.16. The van der Waals surface area contributed by atoms with Crippen LogP contribution in [0, 0.1) is 0 Å². The Morgan fingerprint density at radius 2 is 1.90 bits per heavy atom. The van der Waals surface area contributed by atoms with Crippen molar-refractivity contribution in [1.82, 2.24) is 0 Å². The van der Waals surface area contributed by atoms with Gasteiger partial charge in [-0.15, -0.1) is 0 Å². The van der Waals surface area contributed by atoms with E-state index in [2.05, 4.69) is 49.2 Å². The average molecular weight is 267 g/mol. The van der Waals surface area contributed by atoms with E-state index in [1.165, 1.54) is 16.8 Å². The highest BCUT2D eigenvalue weighted by molar-refractivity contribution is 5.53. The summed E-state index contributed by atoms with van der Waals surface area (Å²) in [5, 5.41) is 9.95. The summed E-state index contributed by atoms with van der Waals surface area (Å²) in [7, 11) is 2.14. The highest BCUT2D eigenvalue weighted by Gasteiger charge is 2.27. The first-order chi connectivity index (χ1) is 9.70. The summed E-state index contributed by atoms with van der Waals surface area (Å²) in [6.07, 6.45) is 3.10. The average Bonchev–Trinajstić information content (AvgIpc) is 2.92. The lowest BCUT2D eigenvalue weighted by molar-refractivity contribution is 0.469. The van der Waals surface area contributed by atoms with Crippen molar-refractivity contribution in [3.63, 3.8) is 0 Å². The molecule has 2 nitrogen and oxygen atoms in total. The molecular formula is C18H21NO. The molecule has 2 aromatic carbocycles. The Labute approximate surface area is 120 Å². The second kappa shape index (κ2) is 5.20. The van der Waals surface area contributed by atoms with Gasteiger partial charge in [-0.25, -0.2) is 0 Å². The number of anilines is 1. The van der Waals surface area contributed by atoms with Crippen LogP contribution in [0.25, 0.3) is 0 Å². The molecule has 0 saturated carbocycles. The molecule has 0 saturated heterocycles. The van der Waals surface area contributed by atoms with E-state index in [4.69, 9.17) is 0 Å². The van der Waals surface area contributed by atoms with Crippen LogP contribution in [0.4, 0.5) is 5.69 Å². The molecule has 20 heavy (non-hydrogen) atoms. The number of nitrogens with zero attached hydrogens (tertiary/aromatic N) is 1. The summed E-state index contributed by atoms with van der Waals surface area (Å²) in [6, 6.07) is 15.0. The Bertz CT molecular complexity index is 603. The summed E-state index contributed by atoms with van der Waals surface area (Å²) in [4.78, 5) is 2.32. The SMILES string of the molecule is CCc1ccc(N(C)C2CCc3c(O)cccc32)cc1. The van der Waals surface area contributed by atoms with Gasteiger partial charge in [0.25, 0.3) is 0 Å². The largest absolute Gasteiger partial charge is 0.508 e. The summed E-state index contributed by atoms with van der Waals surface area (Å²) in [5.74, 6) is 0.444. The van der Waals surface area contributed by atoms with Crippen molar-refractivity contribution in [2.75, 3.05) is 11.9 Å². The Morgan fingerprint density at radius 1 is 1.15 bits per heavy atom. The van der Waals surface area contributed by atoms with Crippen molar-refractivity contribution in [3.8, 4) is 5.75 Å². The molecule has 2 aromatic rings. The van der Waals surface area contributed by atoms with E-state index in [1.54, 1.807) is 6.07 Å². The second-order valence-corrected chi connectivity index (χ2v) is 5.53. The standard InChI is InChI=1S/C18H21NO/c1-3-13-7-9-14(10-8-13)19(2)17-12-11-16-15(17)5-4-6-18(16)20/h4-10,17,20H,3,11-12H2,1-2H3. The summed E-state index contributed by atoms with van der Waals surface area (Å²) >= 11 is 0. The van der Waals surface area contributed by atoms with Crippen LogP contribution in [0.1, 0.15) is 36.1 Å². The van der Waals surface area contributed by atoms with E-state index in [-0.39, 0.29) is 0 Å². The topological polar surface area (TPSA) is 23.5 Å². The van der Waals surface area contributed by atoms with Crippen LogP contribution in [0.15, 0.2) is 42.5 Å². The van der Waals surface area contributed by atoms with Gasteiger partial charge in [-0.2, -0.15) is 0 Å². The number of phenolic OH excluding ortho intramolecular Hbond substituents is 1. The molecule has 104 valence electrons. The van der Waals surface area contributed by atoms with Crippen molar-refractivity contribution in [3.05, 3.63) is 59.2 Å². The van der Waals surface area contributed by atoms with Crippen molar-refractivity contribution in [2.24, 2.45) is 0 Å². The molecule has 1 aliphatic carbocycles. The van der Waals surface area contributed by atoms with Gasteiger partial charge in [0, 0.05) is 12.7 Å². The summed E-state index contributed by atoms with van der Waals surface area (Å²) in [5.41, 5.74) is 5.00. The zero-order chi connectivity index (χ0) is 14.1. The van der Waals surface area contributed by atoms with Crippen LogP contribution >= 0.6 is 0 Å². The maximum Gasteiger partial charge on any atom is 0.119 e. The van der Waals surface area contributed by atoms with Gasteiger partial charge < -0.3 is 10.0 Å². The van der Waals surface area contributed by atoms with Gasteiger partial charge in [0.2, 0.25) is 0 Å². The third kappa shape index (κ3) is 2.15. The lowest BCUT2D eigenvalue weighted by atomic mass is 10.1. The molecular weight excluding hydrogens is 246 g/mol. The zero-order valence-corrected chi connectivity index (χ0v) is 12.1. The van der Waals surface area contributed by atoms with E-state index in [9.17, 15) is 5.11 Å². The minimum Gasteiger partial charge on any atom is -0.508 e. The fraction of sp³-hybridized carbons (Fsp3) is 0.333. The van der Waals surface area contributed by atoms with Crippen LogP contribution in [-0.2, 0) is 12.8 Å². The minimum atomic E-state index is 0.365. The van der Waals surface area contributed by atoms with Crippen LogP contribution in [0.3, 0.4) is 0 Å². The first kappa shape index (κ1) is 13.0. The Hall–Kier alpha value is -1.96. The molecule has 1 N–H and O–H groups in total. The number of benzene rings is 2. The Kier molecular flexibility index (Phi) is 3.39. The molecule has 1 atom stereocenters. The molecule has 0 aliphatic heterocycles. The fourth-order valence-corrected chi connectivity index (χ4v) is 3.16. The first-order valence-electron chi connectivity index (χ1n) is 7.33. The quantitative estimate of drug-likeness (QED) is 0.905. The van der Waals surface area contributed by atoms with Gasteiger partial charge >= 0.3 is 0 Å². The maximum atomic E-state index is 9.95. The number of hydrogen-bond acceptors (Lipinski definition) is 2. The monoisotopic (exact) mass is 267 g/mol. The zero-order valence-electron chi connectivity index (χ0n) is 12.1. The molecule has 0 bridgehead atoms. The molecule has 1 unspecified atom stereocenters. The van der Waals surface area contributed by atoms with Crippen LogP contribution in [0.5, 0.6) is 5.75 Å². The van der Waals surface area contributed by atoms with E-state index >= 15 is 0 Å². The molecule has 0 amide bonds. The third-order valence-corrected chi connectivity index (χ3v) is 4.43. The molecule has 0 radical (unpaired) electrons. The maximum absolute atomic E-state index is 9.95. The second-order valence-electron chi connectivity index (χ2n) is 5.53. The lowest BCUT2D eigenvalue weighted by Gasteiger charge is -2.27. The highest BCUT2D eigenvalue weighted by Crippen LogP contribution is 2.40. The van der Waals surface area contributed by atoms with Crippen LogP contribution in [0.2, 0.25) is 0 Å². The van der Waals surface area contributed by atoms with Crippen LogP contribution in [-0.4, -0.2) is 12.2 Å². The molecule has 2 heteroatoms. The molecule has 0 spiro atoms. The predicted molar refractivity (Wildman–Crippen MR) is 83.4 cm³/mol. The van der Waals surface area contributed by atoms with E-state index < -0.39 is 0 Å². The highest BCUT2D eigenvalue weighted by atomic mass is 16.3. The normalized spacial score (nSPS) is 17.0. The molecule has 3 rings (SSSR count). The number of hydrogen-bond donors (Lipinski definition) is 1. The van der Waals surface area contributed by atoms with Crippen molar-refractivity contribution >= 4 is 5.69 Å². The van der Waals surface area contributed by atoms with Gasteiger partial charge in [0.1, 0.15) is 5.75 Å². The van der Waals surface area contributed by atoms with Gasteiger partial charge in [-0.3, -0.25) is 0 Å². The van der Waals surface area contributed by atoms with Crippen molar-refractivity contribution in [2.45, 2.75) is 32.2 Å². The summed E-state index contributed by atoms with van der Waals surface area (Å²) < 4.78 is 0. The Morgan fingerprint density at radius 3 is 2.60 bits per heavy atom. The molecule has 0 aromatic heterocycles. The molecule has 0 fully saturated rings. The van der Waals surface area contributed by atoms with Gasteiger partial charge in [0.15, 0.2) is 0 Å². The molecule has 0 heterocycles. The smallest absolute Gasteiger partial charge is 0.119 e. The summed E-state index contributed by atoms with van der Waals surface area (Å²) in [6.45, 7) is 2.18. The van der Waals surface area contributed by atoms with E-state index in [0.29, 0.717) is 11.8 Å². The number of aryl methyl sites for hydroxylation is 1. The van der Waals surface area contributed by atoms with Gasteiger partial charge in [-0.1, -0.05) is 31.2 Å². The Balaban J connectivity index is 1.89. The van der Waals surface area contributed by atoms with Gasteiger partial charge in [0.05, 0.1) is 6.04 Å². The van der Waals surface area contributed by atoms with Gasteiger partial charge in [-0.05, 0) is 54.2 Å². The predicted octanol–water partition coefficient (Wildman–Crippen LogP) is 4.08. The van der Waals surface area contributed by atoms with Crippen molar-refractivity contribution < 1.29 is 5.11 Å². The number of phenols is 1. The number of fused-ring (bicyclic) bond motifs is 1. The van der Waals surface area contributed by atoms with Crippen molar-refractivity contribution in [1.29, 1.82) is 0 Å². The lowest BCUT2D eigenvalue weighted by Crippen LogP contribution is -2.22. The first-order valence-corrected chi connectivity index (χ1v) is 7.33. The van der Waals surface area contributed by atoms with E-state index in [0.717, 1.165) is 24.8 Å². The number of rotatable bonds is 3. The van der Waals surface area contributed by atoms with E-state index in [1.807, 2.05) is 6.07 Å². The minimum absolute atomic E-state index is 0.365. The van der Waals surface area contributed by atoms with Crippen LogP contribution < -0.4 is 4.90 Å². The molecule has 1 aliphatic rings. The number of aromatic hydroxyl groups is 1.